The van der Waals surface area contributed by atoms with Gasteiger partial charge in [0.15, 0.2) is 0 Å². The van der Waals surface area contributed by atoms with Gasteiger partial charge in [0.1, 0.15) is 0 Å². The smallest absolute Gasteiger partial charge is 0.0330 e. The van der Waals surface area contributed by atoms with E-state index in [4.69, 9.17) is 5.73 Å². The number of rotatable bonds is 3. The Morgan fingerprint density at radius 2 is 1.83 bits per heavy atom. The average Bonchev–Trinajstić information content (AvgIpc) is 2.62. The van der Waals surface area contributed by atoms with Gasteiger partial charge >= 0.3 is 0 Å². The molecule has 12 heavy (non-hydrogen) atoms. The second-order valence-corrected chi connectivity index (χ2v) is 5.35. The van der Waals surface area contributed by atoms with Crippen molar-refractivity contribution in [3.05, 3.63) is 0 Å². The predicted octanol–water partition coefficient (Wildman–Crippen LogP) is 1.46. The van der Waals surface area contributed by atoms with Crippen molar-refractivity contribution in [1.29, 1.82) is 0 Å². The Bertz CT molecular complexity index is 154. The quantitative estimate of drug-likeness (QED) is 0.694. The molecular formula is C10H22N2. The average molecular weight is 170 g/mol. The van der Waals surface area contributed by atoms with Crippen molar-refractivity contribution in [2.24, 2.45) is 11.1 Å². The van der Waals surface area contributed by atoms with Gasteiger partial charge in [-0.2, -0.15) is 0 Å². The van der Waals surface area contributed by atoms with Crippen LogP contribution in [0.25, 0.3) is 0 Å². The minimum Gasteiger partial charge on any atom is -0.329 e. The molecule has 0 bridgehead atoms. The Morgan fingerprint density at radius 1 is 1.33 bits per heavy atom. The van der Waals surface area contributed by atoms with Crippen molar-refractivity contribution < 1.29 is 0 Å². The Labute approximate surface area is 76.1 Å². The van der Waals surface area contributed by atoms with Crippen molar-refractivity contribution in [3.63, 3.8) is 0 Å². The van der Waals surface area contributed by atoms with Crippen LogP contribution >= 0.6 is 0 Å². The van der Waals surface area contributed by atoms with Crippen LogP contribution in [0.3, 0.4) is 0 Å². The van der Waals surface area contributed by atoms with Crippen molar-refractivity contribution in [2.45, 2.75) is 39.2 Å². The number of nitrogens with two attached hydrogens (primary N) is 1. The molecule has 1 rings (SSSR count). The lowest BCUT2D eigenvalue weighted by Gasteiger charge is -2.32. The molecule has 1 saturated carbocycles. The normalized spacial score (nSPS) is 21.5. The van der Waals surface area contributed by atoms with Crippen molar-refractivity contribution in [1.82, 2.24) is 4.90 Å². The third kappa shape index (κ3) is 2.20. The van der Waals surface area contributed by atoms with Crippen LogP contribution in [0.1, 0.15) is 33.6 Å². The lowest BCUT2D eigenvalue weighted by atomic mass is 9.95. The minimum absolute atomic E-state index is 0.368. The van der Waals surface area contributed by atoms with Crippen molar-refractivity contribution in [3.8, 4) is 0 Å². The van der Waals surface area contributed by atoms with Crippen LogP contribution in [0, 0.1) is 5.41 Å². The first-order valence-electron chi connectivity index (χ1n) is 4.81. The highest BCUT2D eigenvalue weighted by molar-refractivity contribution is 5.04. The zero-order chi connectivity index (χ0) is 9.41. The summed E-state index contributed by atoms with van der Waals surface area (Å²) in [6.45, 7) is 8.78. The first-order valence-corrected chi connectivity index (χ1v) is 4.81. The fourth-order valence-corrected chi connectivity index (χ4v) is 1.77. The van der Waals surface area contributed by atoms with E-state index in [9.17, 15) is 0 Å². The molecular weight excluding hydrogens is 148 g/mol. The maximum atomic E-state index is 5.75. The van der Waals surface area contributed by atoms with Crippen LogP contribution in [0.4, 0.5) is 0 Å². The SMILES string of the molecule is CN(CC(C)(C)C)C1(CN)CC1. The molecule has 1 fully saturated rings. The zero-order valence-electron chi connectivity index (χ0n) is 8.85. The molecule has 0 aliphatic heterocycles. The topological polar surface area (TPSA) is 29.3 Å². The van der Waals surface area contributed by atoms with Crippen LogP contribution in [0.5, 0.6) is 0 Å². The van der Waals surface area contributed by atoms with Gasteiger partial charge in [0.25, 0.3) is 0 Å². The van der Waals surface area contributed by atoms with Crippen LogP contribution in [-0.4, -0.2) is 30.6 Å². The summed E-state index contributed by atoms with van der Waals surface area (Å²) < 4.78 is 0. The Kier molecular flexibility index (Phi) is 2.50. The molecule has 0 saturated heterocycles. The first-order chi connectivity index (χ1) is 5.40. The van der Waals surface area contributed by atoms with E-state index in [0.717, 1.165) is 13.1 Å². The molecule has 0 aromatic rings. The molecule has 0 atom stereocenters. The van der Waals surface area contributed by atoms with Gasteiger partial charge in [-0.1, -0.05) is 20.8 Å². The zero-order valence-corrected chi connectivity index (χ0v) is 8.85. The lowest BCUT2D eigenvalue weighted by molar-refractivity contribution is 0.160. The van der Waals surface area contributed by atoms with Gasteiger partial charge in [0.05, 0.1) is 0 Å². The maximum absolute atomic E-state index is 5.75. The first kappa shape index (κ1) is 10.0. The molecule has 2 nitrogen and oxygen atoms in total. The van der Waals surface area contributed by atoms with Crippen LogP contribution in [0.15, 0.2) is 0 Å². The largest absolute Gasteiger partial charge is 0.329 e. The molecule has 0 heterocycles. The van der Waals surface area contributed by atoms with E-state index >= 15 is 0 Å². The van der Waals surface area contributed by atoms with Crippen molar-refractivity contribution >= 4 is 0 Å². The van der Waals surface area contributed by atoms with Gasteiger partial charge in [-0.05, 0) is 25.3 Å². The standard InChI is InChI=1S/C10H22N2/c1-9(2,3)8-12(4)10(7-11)5-6-10/h5-8,11H2,1-4H3. The summed E-state index contributed by atoms with van der Waals surface area (Å²) in [5.41, 5.74) is 6.50. The summed E-state index contributed by atoms with van der Waals surface area (Å²) in [7, 11) is 2.20. The molecule has 0 radical (unpaired) electrons. The molecule has 72 valence electrons. The van der Waals surface area contributed by atoms with Crippen LogP contribution < -0.4 is 5.73 Å². The van der Waals surface area contributed by atoms with E-state index < -0.39 is 0 Å². The summed E-state index contributed by atoms with van der Waals surface area (Å²) in [5.74, 6) is 0. The second kappa shape index (κ2) is 3.00. The highest BCUT2D eigenvalue weighted by Gasteiger charge is 2.45. The van der Waals surface area contributed by atoms with Crippen LogP contribution in [-0.2, 0) is 0 Å². The fourth-order valence-electron chi connectivity index (χ4n) is 1.77. The molecule has 1 aliphatic rings. The molecule has 0 amide bonds. The summed E-state index contributed by atoms with van der Waals surface area (Å²) in [6, 6.07) is 0. The summed E-state index contributed by atoms with van der Waals surface area (Å²) in [4.78, 5) is 2.44. The van der Waals surface area contributed by atoms with E-state index in [2.05, 4.69) is 32.7 Å². The lowest BCUT2D eigenvalue weighted by Crippen LogP contribution is -2.44. The number of nitrogens with zero attached hydrogens (tertiary/aromatic N) is 1. The number of hydrogen-bond acceptors (Lipinski definition) is 2. The molecule has 2 N–H and O–H groups in total. The van der Waals surface area contributed by atoms with Gasteiger partial charge in [-0.3, -0.25) is 4.90 Å². The third-order valence-electron chi connectivity index (χ3n) is 2.73. The molecule has 0 spiro atoms. The van der Waals surface area contributed by atoms with E-state index in [0.29, 0.717) is 11.0 Å². The minimum atomic E-state index is 0.368. The molecule has 0 unspecified atom stereocenters. The Morgan fingerprint density at radius 3 is 2.08 bits per heavy atom. The molecule has 1 aliphatic carbocycles. The van der Waals surface area contributed by atoms with Gasteiger partial charge in [0.2, 0.25) is 0 Å². The van der Waals surface area contributed by atoms with E-state index in [1.54, 1.807) is 0 Å². The predicted molar refractivity (Wildman–Crippen MR) is 53.1 cm³/mol. The summed E-state index contributed by atoms with van der Waals surface area (Å²) in [6.07, 6.45) is 2.58. The van der Waals surface area contributed by atoms with E-state index in [1.165, 1.54) is 12.8 Å². The number of hydrogen-bond donors (Lipinski definition) is 1. The van der Waals surface area contributed by atoms with Gasteiger partial charge in [-0.25, -0.2) is 0 Å². The maximum Gasteiger partial charge on any atom is 0.0330 e. The van der Waals surface area contributed by atoms with Gasteiger partial charge < -0.3 is 5.73 Å². The fraction of sp³-hybridized carbons (Fsp3) is 1.00. The highest BCUT2D eigenvalue weighted by Crippen LogP contribution is 2.40. The molecule has 2 heteroatoms. The summed E-state index contributed by atoms with van der Waals surface area (Å²) >= 11 is 0. The summed E-state index contributed by atoms with van der Waals surface area (Å²) in [5, 5.41) is 0. The Hall–Kier alpha value is -0.0800. The highest BCUT2D eigenvalue weighted by atomic mass is 15.2. The Balaban J connectivity index is 2.43. The van der Waals surface area contributed by atoms with Gasteiger partial charge in [-0.15, -0.1) is 0 Å². The van der Waals surface area contributed by atoms with Crippen LogP contribution in [0.2, 0.25) is 0 Å². The number of likely N-dealkylation sites (N-methyl/N-ethyl adjacent to an activating group) is 1. The van der Waals surface area contributed by atoms with Crippen molar-refractivity contribution in [2.75, 3.05) is 20.1 Å². The second-order valence-electron chi connectivity index (χ2n) is 5.35. The third-order valence-corrected chi connectivity index (χ3v) is 2.73. The monoisotopic (exact) mass is 170 g/mol. The molecule has 0 aromatic carbocycles. The molecule has 0 aromatic heterocycles. The van der Waals surface area contributed by atoms with E-state index in [-0.39, 0.29) is 0 Å². The van der Waals surface area contributed by atoms with E-state index in [1.807, 2.05) is 0 Å². The van der Waals surface area contributed by atoms with Gasteiger partial charge in [0, 0.05) is 18.6 Å².